The van der Waals surface area contributed by atoms with Crippen LogP contribution in [0.2, 0.25) is 5.02 Å². The molecule has 2 aromatic rings. The van der Waals surface area contributed by atoms with Crippen molar-refractivity contribution in [2.75, 3.05) is 5.32 Å². The zero-order valence-corrected chi connectivity index (χ0v) is 19.4. The standard InChI is InChI=1S/C23H22ClFN4O2S/c1-12(2)10-19-22(31)29-20(26-19)15-6-4-5-7-17(15)28-23(29)32-13(3)21(30)27-18-9-8-14(24)11-16(18)25/h4-9,11-13,19H,10H2,1-3H3,(H,27,30)/t13-,19+/m0/s1. The molecule has 166 valence electrons. The predicted octanol–water partition coefficient (Wildman–Crippen LogP) is 5.24. The van der Waals surface area contributed by atoms with Crippen LogP contribution in [0, 0.1) is 11.7 Å². The fraction of sp³-hybridized carbons (Fsp3) is 0.304. The summed E-state index contributed by atoms with van der Waals surface area (Å²) in [4.78, 5) is 36.7. The van der Waals surface area contributed by atoms with Gasteiger partial charge in [-0.05, 0) is 49.6 Å². The van der Waals surface area contributed by atoms with Gasteiger partial charge in [0.15, 0.2) is 5.17 Å². The highest BCUT2D eigenvalue weighted by Gasteiger charge is 2.42. The maximum absolute atomic E-state index is 14.1. The van der Waals surface area contributed by atoms with Crippen molar-refractivity contribution in [3.63, 3.8) is 0 Å². The SMILES string of the molecule is CC(C)C[C@H]1N=C2c3ccccc3N=C(S[C@@H](C)C(=O)Nc3ccc(Cl)cc3F)N2C1=O. The molecule has 0 saturated carbocycles. The lowest BCUT2D eigenvalue weighted by Gasteiger charge is -2.27. The molecule has 2 aliphatic heterocycles. The summed E-state index contributed by atoms with van der Waals surface area (Å²) < 4.78 is 14.1. The summed E-state index contributed by atoms with van der Waals surface area (Å²) in [7, 11) is 0. The van der Waals surface area contributed by atoms with Gasteiger partial charge >= 0.3 is 0 Å². The third kappa shape index (κ3) is 4.42. The van der Waals surface area contributed by atoms with Crippen LogP contribution in [0.4, 0.5) is 15.8 Å². The van der Waals surface area contributed by atoms with Gasteiger partial charge in [-0.15, -0.1) is 0 Å². The number of halogens is 2. The van der Waals surface area contributed by atoms with Crippen LogP contribution in [-0.4, -0.2) is 39.0 Å². The Balaban J connectivity index is 1.58. The van der Waals surface area contributed by atoms with Crippen LogP contribution in [0.25, 0.3) is 0 Å². The number of amides is 2. The number of carbonyl (C=O) groups is 2. The molecule has 0 aromatic heterocycles. The maximum Gasteiger partial charge on any atom is 0.259 e. The van der Waals surface area contributed by atoms with E-state index in [4.69, 9.17) is 16.6 Å². The molecule has 32 heavy (non-hydrogen) atoms. The zero-order valence-electron chi connectivity index (χ0n) is 17.8. The number of carbonyl (C=O) groups excluding carboxylic acids is 2. The Labute approximate surface area is 195 Å². The number of para-hydroxylation sites is 1. The lowest BCUT2D eigenvalue weighted by Crippen LogP contribution is -2.42. The van der Waals surface area contributed by atoms with Gasteiger partial charge in [0, 0.05) is 10.6 Å². The van der Waals surface area contributed by atoms with Gasteiger partial charge in [-0.2, -0.15) is 0 Å². The van der Waals surface area contributed by atoms with Gasteiger partial charge in [0.2, 0.25) is 5.91 Å². The summed E-state index contributed by atoms with van der Waals surface area (Å²) in [6.45, 7) is 5.77. The number of aliphatic imine (C=N–C) groups is 2. The summed E-state index contributed by atoms with van der Waals surface area (Å²) in [6.07, 6.45) is 0.630. The molecule has 2 amide bonds. The van der Waals surface area contributed by atoms with E-state index in [0.29, 0.717) is 29.0 Å². The van der Waals surface area contributed by atoms with Gasteiger partial charge in [0.05, 0.1) is 16.6 Å². The van der Waals surface area contributed by atoms with E-state index in [1.807, 2.05) is 38.1 Å². The molecule has 2 atom stereocenters. The molecule has 0 unspecified atom stereocenters. The molecule has 0 aliphatic carbocycles. The van der Waals surface area contributed by atoms with Gasteiger partial charge in [0.1, 0.15) is 17.7 Å². The van der Waals surface area contributed by atoms with Crippen molar-refractivity contribution in [3.05, 3.63) is 58.9 Å². The Bertz CT molecular complexity index is 1150. The van der Waals surface area contributed by atoms with E-state index >= 15 is 0 Å². The highest BCUT2D eigenvalue weighted by Crippen LogP contribution is 2.35. The molecule has 9 heteroatoms. The first-order valence-corrected chi connectivity index (χ1v) is 11.5. The second-order valence-electron chi connectivity index (χ2n) is 8.06. The van der Waals surface area contributed by atoms with Gasteiger partial charge in [0.25, 0.3) is 5.91 Å². The van der Waals surface area contributed by atoms with E-state index in [2.05, 4.69) is 10.3 Å². The van der Waals surface area contributed by atoms with Gasteiger partial charge in [-0.25, -0.2) is 14.3 Å². The Hall–Kier alpha value is -2.71. The zero-order chi connectivity index (χ0) is 23.0. The molecule has 2 aliphatic rings. The van der Waals surface area contributed by atoms with E-state index in [1.54, 1.807) is 6.92 Å². The minimum absolute atomic E-state index is 0.0410. The van der Waals surface area contributed by atoms with Crippen molar-refractivity contribution >= 4 is 57.6 Å². The fourth-order valence-electron chi connectivity index (χ4n) is 3.52. The van der Waals surface area contributed by atoms with Crippen LogP contribution < -0.4 is 5.32 Å². The smallest absolute Gasteiger partial charge is 0.259 e. The summed E-state index contributed by atoms with van der Waals surface area (Å²) in [5.74, 6) is -0.317. The van der Waals surface area contributed by atoms with Crippen LogP contribution in [0.15, 0.2) is 52.4 Å². The number of thioether (sulfide) groups is 1. The average molecular weight is 473 g/mol. The monoisotopic (exact) mass is 472 g/mol. The quantitative estimate of drug-likeness (QED) is 0.646. The molecule has 2 aromatic carbocycles. The first-order chi connectivity index (χ1) is 15.2. The number of fused-ring (bicyclic) bond motifs is 3. The number of hydrogen-bond donors (Lipinski definition) is 1. The molecule has 0 radical (unpaired) electrons. The molecule has 6 nitrogen and oxygen atoms in total. The highest BCUT2D eigenvalue weighted by atomic mass is 35.5. The molecule has 0 bridgehead atoms. The second kappa shape index (κ2) is 9.03. The Kier molecular flexibility index (Phi) is 6.35. The fourth-order valence-corrected chi connectivity index (χ4v) is 4.59. The minimum atomic E-state index is -0.646. The van der Waals surface area contributed by atoms with Crippen LogP contribution in [0.5, 0.6) is 0 Å². The highest BCUT2D eigenvalue weighted by molar-refractivity contribution is 8.15. The Morgan fingerprint density at radius 1 is 1.25 bits per heavy atom. The molecular weight excluding hydrogens is 451 g/mol. The number of hydrogen-bond acceptors (Lipinski definition) is 5. The molecule has 0 spiro atoms. The van der Waals surface area contributed by atoms with Crippen molar-refractivity contribution in [2.45, 2.75) is 38.5 Å². The van der Waals surface area contributed by atoms with Gasteiger partial charge < -0.3 is 5.32 Å². The van der Waals surface area contributed by atoms with Crippen LogP contribution >= 0.6 is 23.4 Å². The van der Waals surface area contributed by atoms with Gasteiger partial charge in [-0.1, -0.05) is 49.3 Å². The Morgan fingerprint density at radius 2 is 2.00 bits per heavy atom. The normalized spacial score (nSPS) is 18.1. The van der Waals surface area contributed by atoms with Crippen LogP contribution in [0.1, 0.15) is 32.8 Å². The first-order valence-electron chi connectivity index (χ1n) is 10.3. The number of benzene rings is 2. The summed E-state index contributed by atoms with van der Waals surface area (Å²) in [6, 6.07) is 11.0. The number of amidine groups is 2. The molecular formula is C23H22ClFN4O2S. The second-order valence-corrected chi connectivity index (χ2v) is 9.80. The van der Waals surface area contributed by atoms with Crippen molar-refractivity contribution < 1.29 is 14.0 Å². The summed E-state index contributed by atoms with van der Waals surface area (Å²) >= 11 is 6.91. The van der Waals surface area contributed by atoms with Crippen LogP contribution in [-0.2, 0) is 9.59 Å². The molecule has 4 rings (SSSR count). The topological polar surface area (TPSA) is 74.1 Å². The van der Waals surface area contributed by atoms with E-state index in [-0.39, 0.29) is 16.6 Å². The number of anilines is 1. The lowest BCUT2D eigenvalue weighted by atomic mass is 10.0. The summed E-state index contributed by atoms with van der Waals surface area (Å²) in [5.41, 5.74) is 1.52. The molecule has 0 saturated heterocycles. The molecule has 2 heterocycles. The summed E-state index contributed by atoms with van der Waals surface area (Å²) in [5, 5.41) is 2.55. The van der Waals surface area contributed by atoms with Crippen molar-refractivity contribution in [1.82, 2.24) is 4.90 Å². The van der Waals surface area contributed by atoms with Crippen molar-refractivity contribution in [1.29, 1.82) is 0 Å². The minimum Gasteiger partial charge on any atom is -0.323 e. The average Bonchev–Trinajstić information content (AvgIpc) is 3.06. The van der Waals surface area contributed by atoms with Crippen LogP contribution in [0.3, 0.4) is 0 Å². The number of rotatable bonds is 5. The predicted molar refractivity (Wildman–Crippen MR) is 127 cm³/mol. The third-order valence-electron chi connectivity index (χ3n) is 5.08. The third-order valence-corrected chi connectivity index (χ3v) is 6.37. The Morgan fingerprint density at radius 3 is 2.72 bits per heavy atom. The first kappa shape index (κ1) is 22.5. The maximum atomic E-state index is 14.1. The van der Waals surface area contributed by atoms with Crippen molar-refractivity contribution in [2.24, 2.45) is 15.9 Å². The number of nitrogens with one attached hydrogen (secondary N) is 1. The van der Waals surface area contributed by atoms with E-state index in [9.17, 15) is 14.0 Å². The van der Waals surface area contributed by atoms with E-state index in [0.717, 1.165) is 23.4 Å². The number of nitrogens with zero attached hydrogens (tertiary/aromatic N) is 3. The van der Waals surface area contributed by atoms with Gasteiger partial charge in [-0.3, -0.25) is 14.6 Å². The largest absolute Gasteiger partial charge is 0.323 e. The molecule has 0 fully saturated rings. The van der Waals surface area contributed by atoms with Crippen molar-refractivity contribution in [3.8, 4) is 0 Å². The lowest BCUT2D eigenvalue weighted by molar-refractivity contribution is -0.125. The van der Waals surface area contributed by atoms with E-state index < -0.39 is 23.0 Å². The molecule has 1 N–H and O–H groups in total. The van der Waals surface area contributed by atoms with E-state index in [1.165, 1.54) is 17.0 Å².